The van der Waals surface area contributed by atoms with Gasteiger partial charge in [-0.1, -0.05) is 61.0 Å². The van der Waals surface area contributed by atoms with Gasteiger partial charge in [-0.2, -0.15) is 0 Å². The van der Waals surface area contributed by atoms with E-state index in [2.05, 4.69) is 47.7 Å². The number of rotatable bonds is 22. The van der Waals surface area contributed by atoms with Gasteiger partial charge in [0.1, 0.15) is 23.2 Å². The zero-order valence-corrected chi connectivity index (χ0v) is 32.2. The zero-order chi connectivity index (χ0) is 37.2. The van der Waals surface area contributed by atoms with Crippen LogP contribution < -0.4 is 20.1 Å². The van der Waals surface area contributed by atoms with Gasteiger partial charge in [0.2, 0.25) is 5.91 Å². The molecule has 0 heterocycles. The molecular formula is C39H56N3O8P. The van der Waals surface area contributed by atoms with Crippen molar-refractivity contribution in [2.24, 2.45) is 0 Å². The Kier molecular flexibility index (Phi) is 17.6. The molecule has 0 fully saturated rings. The minimum Gasteiger partial charge on any atom is -0.497 e. The second-order valence-corrected chi connectivity index (χ2v) is 14.1. The molecule has 2 unspecified atom stereocenters. The number of unbranched alkanes of at least 4 members (excludes halogenated alkanes) is 2. The van der Waals surface area contributed by atoms with E-state index in [1.807, 2.05) is 78.9 Å². The lowest BCUT2D eigenvalue weighted by atomic mass is 9.80. The Balaban J connectivity index is 1.95. The van der Waals surface area contributed by atoms with Crippen molar-refractivity contribution in [1.29, 1.82) is 0 Å². The minimum absolute atomic E-state index is 0.0875. The molecule has 280 valence electrons. The Labute approximate surface area is 305 Å². The number of hydrogen-bond donors (Lipinski definition) is 2. The highest BCUT2D eigenvalue weighted by molar-refractivity contribution is 7.44. The van der Waals surface area contributed by atoms with Gasteiger partial charge in [0.25, 0.3) is 8.53 Å². The Morgan fingerprint density at radius 2 is 1.27 bits per heavy atom. The molecule has 3 rings (SSSR count). The first-order valence-electron chi connectivity index (χ1n) is 17.5. The number of alkyl carbamates (subject to hydrolysis) is 1. The summed E-state index contributed by atoms with van der Waals surface area (Å²) in [5, 5.41) is 5.75. The van der Waals surface area contributed by atoms with Gasteiger partial charge >= 0.3 is 6.09 Å². The first-order valence-corrected chi connectivity index (χ1v) is 18.6. The first-order chi connectivity index (χ1) is 24.6. The number of benzene rings is 3. The molecule has 11 nitrogen and oxygen atoms in total. The summed E-state index contributed by atoms with van der Waals surface area (Å²) in [5.74, 6) is 1.37. The van der Waals surface area contributed by atoms with Gasteiger partial charge in [0.05, 0.1) is 27.9 Å². The summed E-state index contributed by atoms with van der Waals surface area (Å²) in [6.07, 6.45) is 1.54. The summed E-state index contributed by atoms with van der Waals surface area (Å²) < 4.78 is 37.7. The highest BCUT2D eigenvalue weighted by Gasteiger charge is 2.39. The van der Waals surface area contributed by atoms with Gasteiger partial charge in [-0.05, 0) is 81.5 Å². The predicted molar refractivity (Wildman–Crippen MR) is 201 cm³/mol. The van der Waals surface area contributed by atoms with Gasteiger partial charge in [-0.25, -0.2) is 9.46 Å². The number of carbonyl (C=O) groups is 2. The third-order valence-electron chi connectivity index (χ3n) is 8.36. The van der Waals surface area contributed by atoms with Crippen molar-refractivity contribution < 1.29 is 37.6 Å². The van der Waals surface area contributed by atoms with Crippen molar-refractivity contribution in [3.63, 3.8) is 0 Å². The minimum atomic E-state index is -1.50. The van der Waals surface area contributed by atoms with Crippen LogP contribution in [-0.2, 0) is 28.9 Å². The third kappa shape index (κ3) is 12.2. The number of ether oxygens (including phenoxy) is 4. The van der Waals surface area contributed by atoms with E-state index >= 15 is 0 Å². The topological polar surface area (TPSA) is 117 Å². The van der Waals surface area contributed by atoms with Crippen molar-refractivity contribution in [2.45, 2.75) is 77.2 Å². The van der Waals surface area contributed by atoms with Crippen molar-refractivity contribution >= 4 is 20.5 Å². The van der Waals surface area contributed by atoms with E-state index in [4.69, 9.17) is 23.3 Å². The van der Waals surface area contributed by atoms with Crippen LogP contribution in [0.25, 0.3) is 0 Å². The fourth-order valence-corrected chi connectivity index (χ4v) is 7.41. The zero-order valence-electron chi connectivity index (χ0n) is 31.3. The molecule has 0 spiro atoms. The molecule has 2 N–H and O–H groups in total. The first kappa shape index (κ1) is 41.7. The molecule has 0 radical (unpaired) electrons. The molecule has 0 bridgehead atoms. The molecule has 0 aliphatic rings. The van der Waals surface area contributed by atoms with Gasteiger partial charge in [-0.3, -0.25) is 4.79 Å². The third-order valence-corrected chi connectivity index (χ3v) is 10.5. The lowest BCUT2D eigenvalue weighted by Crippen LogP contribution is -2.42. The van der Waals surface area contributed by atoms with Crippen molar-refractivity contribution in [2.75, 3.05) is 48.1 Å². The monoisotopic (exact) mass is 725 g/mol. The summed E-state index contributed by atoms with van der Waals surface area (Å²) in [5.41, 5.74) is 1.65. The number of nitrogens with one attached hydrogen (secondary N) is 2. The van der Waals surface area contributed by atoms with E-state index in [9.17, 15) is 9.59 Å². The lowest BCUT2D eigenvalue weighted by molar-refractivity contribution is -0.122. The van der Waals surface area contributed by atoms with Gasteiger partial charge in [0, 0.05) is 38.7 Å². The largest absolute Gasteiger partial charge is 0.497 e. The normalized spacial score (nSPS) is 12.8. The molecule has 2 amide bonds. The average molecular weight is 726 g/mol. The Hall–Kier alpha value is -3.73. The average Bonchev–Trinajstić information content (AvgIpc) is 3.15. The quantitative estimate of drug-likeness (QED) is 0.0620. The van der Waals surface area contributed by atoms with Crippen LogP contribution in [0.3, 0.4) is 0 Å². The standard InChI is InChI=1S/C39H56N3O8P/c1-29(2)42(30(3)4)51(48-8)50-36(27-41-37(43)17-13-10-14-26-40-38(44)47-7)28-49-39(31-15-11-9-12-16-31,32-18-22-34(45-5)23-19-32)33-20-24-35(46-6)25-21-33/h9,11-12,15-16,18-25,29-30,36H,10,13-14,17,26-28H2,1-8H3,(H,40,44)(H,41,43). The SMILES string of the molecule is COC(=O)NCCCCCC(=O)NCC(COC(c1ccccc1)(c1ccc(OC)cc1)c1ccc(OC)cc1)OP(OC)N(C(C)C)C(C)C. The molecule has 2 atom stereocenters. The van der Waals surface area contributed by atoms with Crippen molar-refractivity contribution in [1.82, 2.24) is 15.3 Å². The molecule has 0 aromatic heterocycles. The summed E-state index contributed by atoms with van der Waals surface area (Å²) in [7, 11) is 4.77. The van der Waals surface area contributed by atoms with Crippen LogP contribution >= 0.6 is 8.53 Å². The summed E-state index contributed by atoms with van der Waals surface area (Å²) >= 11 is 0. The van der Waals surface area contributed by atoms with Crippen LogP contribution in [0.4, 0.5) is 4.79 Å². The highest BCUT2D eigenvalue weighted by Crippen LogP contribution is 2.47. The molecule has 0 aliphatic heterocycles. The van der Waals surface area contributed by atoms with Crippen LogP contribution in [0, 0.1) is 0 Å². The van der Waals surface area contributed by atoms with E-state index in [-0.39, 0.29) is 31.1 Å². The number of hydrogen-bond acceptors (Lipinski definition) is 9. The maximum Gasteiger partial charge on any atom is 0.406 e. The Morgan fingerprint density at radius 3 is 1.76 bits per heavy atom. The van der Waals surface area contributed by atoms with E-state index in [1.54, 1.807) is 21.3 Å². The van der Waals surface area contributed by atoms with Crippen LogP contribution in [0.1, 0.15) is 70.1 Å². The Morgan fingerprint density at radius 1 is 0.725 bits per heavy atom. The molecule has 3 aromatic rings. The fraction of sp³-hybridized carbons (Fsp3) is 0.487. The number of nitrogens with zero attached hydrogens (tertiary/aromatic N) is 1. The number of carbonyl (C=O) groups excluding carboxylic acids is 2. The van der Waals surface area contributed by atoms with Crippen LogP contribution in [0.5, 0.6) is 11.5 Å². The van der Waals surface area contributed by atoms with Gasteiger partial charge in [-0.15, -0.1) is 0 Å². The van der Waals surface area contributed by atoms with Gasteiger partial charge < -0.3 is 38.6 Å². The molecule has 3 aromatic carbocycles. The molecule has 51 heavy (non-hydrogen) atoms. The highest BCUT2D eigenvalue weighted by atomic mass is 31.2. The summed E-state index contributed by atoms with van der Waals surface area (Å²) in [6, 6.07) is 26.1. The summed E-state index contributed by atoms with van der Waals surface area (Å²) in [4.78, 5) is 24.4. The van der Waals surface area contributed by atoms with E-state index < -0.39 is 26.3 Å². The van der Waals surface area contributed by atoms with E-state index in [0.29, 0.717) is 19.4 Å². The number of methoxy groups -OCH3 is 3. The molecule has 12 heteroatoms. The maximum atomic E-state index is 13.1. The summed E-state index contributed by atoms with van der Waals surface area (Å²) in [6.45, 7) is 9.28. The Bertz CT molecular complexity index is 1390. The lowest BCUT2D eigenvalue weighted by Gasteiger charge is -2.39. The van der Waals surface area contributed by atoms with Crippen LogP contribution in [0.2, 0.25) is 0 Å². The second-order valence-electron chi connectivity index (χ2n) is 12.6. The maximum absolute atomic E-state index is 13.1. The van der Waals surface area contributed by atoms with Crippen molar-refractivity contribution in [3.05, 3.63) is 95.6 Å². The van der Waals surface area contributed by atoms with Crippen LogP contribution in [-0.4, -0.2) is 83.0 Å². The number of amides is 2. The second kappa shape index (κ2) is 21.6. The molecular weight excluding hydrogens is 669 g/mol. The molecule has 0 saturated heterocycles. The van der Waals surface area contributed by atoms with E-state index in [1.165, 1.54) is 7.11 Å². The predicted octanol–water partition coefficient (Wildman–Crippen LogP) is 7.42. The molecule has 0 saturated carbocycles. The molecule has 0 aliphatic carbocycles. The fourth-order valence-electron chi connectivity index (χ4n) is 5.88. The van der Waals surface area contributed by atoms with Gasteiger partial charge in [0.15, 0.2) is 0 Å². The van der Waals surface area contributed by atoms with Crippen LogP contribution in [0.15, 0.2) is 78.9 Å². The van der Waals surface area contributed by atoms with E-state index in [0.717, 1.165) is 41.0 Å². The van der Waals surface area contributed by atoms with Crippen molar-refractivity contribution in [3.8, 4) is 11.5 Å². The smallest absolute Gasteiger partial charge is 0.406 e.